The van der Waals surface area contributed by atoms with Gasteiger partial charge in [0.2, 0.25) is 23.6 Å². The molecule has 2 aromatic rings. The molecule has 0 radical (unpaired) electrons. The molecule has 0 fully saturated rings. The number of phenolic OH excluding ortho intramolecular Hbond substituents is 2. The number of phenols is 2. The first kappa shape index (κ1) is 33.6. The summed E-state index contributed by atoms with van der Waals surface area (Å²) in [6.07, 6.45) is -0.208. The average molecular weight is 586 g/mol. The summed E-state index contributed by atoms with van der Waals surface area (Å²) in [5, 5.41) is 36.2. The summed E-state index contributed by atoms with van der Waals surface area (Å²) in [6.45, 7) is 3.62. The third-order valence-corrected chi connectivity index (χ3v) is 6.37. The summed E-state index contributed by atoms with van der Waals surface area (Å²) in [4.78, 5) is 62.7. The maximum atomic E-state index is 13.3. The normalized spacial score (nSPS) is 13.8. The first-order valence-electron chi connectivity index (χ1n) is 13.5. The second-order valence-electron chi connectivity index (χ2n) is 10.5. The van der Waals surface area contributed by atoms with Crippen LogP contribution in [0.1, 0.15) is 44.2 Å². The zero-order chi connectivity index (χ0) is 31.4. The van der Waals surface area contributed by atoms with Gasteiger partial charge in [-0.1, -0.05) is 38.1 Å². The Morgan fingerprint density at radius 1 is 0.714 bits per heavy atom. The van der Waals surface area contributed by atoms with E-state index in [9.17, 15) is 39.3 Å². The van der Waals surface area contributed by atoms with Crippen LogP contribution in [-0.4, -0.2) is 69.1 Å². The summed E-state index contributed by atoms with van der Waals surface area (Å²) < 4.78 is 0. The molecule has 0 aliphatic rings. The smallest absolute Gasteiger partial charge is 0.326 e. The number of benzene rings is 2. The molecule has 0 saturated heterocycles. The van der Waals surface area contributed by atoms with Crippen molar-refractivity contribution in [2.75, 3.05) is 0 Å². The van der Waals surface area contributed by atoms with E-state index in [1.807, 2.05) is 13.8 Å². The van der Waals surface area contributed by atoms with Gasteiger partial charge in [0.05, 0.1) is 6.04 Å². The molecule has 42 heavy (non-hydrogen) atoms. The highest BCUT2D eigenvalue weighted by molar-refractivity contribution is 5.94. The average Bonchev–Trinajstić information content (AvgIpc) is 2.91. The molecule has 2 aromatic carbocycles. The van der Waals surface area contributed by atoms with Gasteiger partial charge < -0.3 is 42.7 Å². The number of carboxylic acid groups (broad SMARTS) is 1. The highest BCUT2D eigenvalue weighted by Gasteiger charge is 2.31. The van der Waals surface area contributed by atoms with Crippen LogP contribution < -0.4 is 27.4 Å². The van der Waals surface area contributed by atoms with E-state index in [-0.39, 0.29) is 49.5 Å². The van der Waals surface area contributed by atoms with E-state index < -0.39 is 53.8 Å². The van der Waals surface area contributed by atoms with Gasteiger partial charge in [0, 0.05) is 12.8 Å². The van der Waals surface area contributed by atoms with Crippen LogP contribution in [0.2, 0.25) is 0 Å². The molecule has 13 heteroatoms. The summed E-state index contributed by atoms with van der Waals surface area (Å²) in [5.41, 5.74) is 12.5. The Morgan fingerprint density at radius 3 is 1.64 bits per heavy atom. The van der Waals surface area contributed by atoms with Gasteiger partial charge in [-0.15, -0.1) is 0 Å². The van der Waals surface area contributed by atoms with Crippen molar-refractivity contribution in [2.24, 2.45) is 17.4 Å². The number of rotatable bonds is 16. The summed E-state index contributed by atoms with van der Waals surface area (Å²) in [7, 11) is 0. The fourth-order valence-electron chi connectivity index (χ4n) is 4.13. The number of carboxylic acids is 1. The van der Waals surface area contributed by atoms with Gasteiger partial charge in [0.15, 0.2) is 0 Å². The summed E-state index contributed by atoms with van der Waals surface area (Å²) in [5.74, 6) is -4.22. The van der Waals surface area contributed by atoms with Crippen molar-refractivity contribution >= 4 is 29.6 Å². The highest BCUT2D eigenvalue weighted by Crippen LogP contribution is 2.14. The van der Waals surface area contributed by atoms with Gasteiger partial charge >= 0.3 is 5.97 Å². The topological polar surface area (TPSA) is 234 Å². The fraction of sp³-hybridized carbons (Fsp3) is 0.414. The molecule has 0 bridgehead atoms. The van der Waals surface area contributed by atoms with Gasteiger partial charge in [-0.05, 0) is 60.6 Å². The molecule has 13 nitrogen and oxygen atoms in total. The maximum Gasteiger partial charge on any atom is 0.326 e. The van der Waals surface area contributed by atoms with Crippen molar-refractivity contribution < 1.29 is 39.3 Å². The minimum absolute atomic E-state index is 0.00802. The number of amides is 4. The molecule has 10 N–H and O–H groups in total. The molecule has 4 unspecified atom stereocenters. The number of primary amides is 1. The molecule has 0 heterocycles. The molecule has 4 amide bonds. The summed E-state index contributed by atoms with van der Waals surface area (Å²) in [6, 6.07) is 7.15. The first-order chi connectivity index (χ1) is 19.7. The number of carbonyl (C=O) groups is 5. The molecular weight excluding hydrogens is 546 g/mol. The standard InChI is InChI=1S/C29H39N5O8/c1-16(2)13-23(28(40)34-24(29(41)42)15-18-5-9-20(36)10-6-18)33-27(39)22(11-12-25(31)37)32-26(38)21(30)14-17-3-7-19(35)8-4-17/h3-10,16,21-24,35-36H,11-15,30H2,1-2H3,(H2,31,37)(H,32,38)(H,33,39)(H,34,40)(H,41,42). The van der Waals surface area contributed by atoms with Crippen molar-refractivity contribution in [1.29, 1.82) is 0 Å². The Kier molecular flexibility index (Phi) is 12.8. The molecule has 0 aromatic heterocycles. The Morgan fingerprint density at radius 2 is 1.17 bits per heavy atom. The van der Waals surface area contributed by atoms with Crippen molar-refractivity contribution in [2.45, 2.75) is 70.1 Å². The van der Waals surface area contributed by atoms with Gasteiger partial charge in [-0.25, -0.2) is 4.79 Å². The van der Waals surface area contributed by atoms with E-state index in [1.165, 1.54) is 36.4 Å². The van der Waals surface area contributed by atoms with Gasteiger partial charge in [0.25, 0.3) is 0 Å². The number of nitrogens with one attached hydrogen (secondary N) is 3. The van der Waals surface area contributed by atoms with E-state index in [4.69, 9.17) is 11.5 Å². The Bertz CT molecular complexity index is 1230. The SMILES string of the molecule is CC(C)CC(NC(=O)C(CCC(N)=O)NC(=O)C(N)Cc1ccc(O)cc1)C(=O)NC(Cc1ccc(O)cc1)C(=O)O. The van der Waals surface area contributed by atoms with Crippen LogP contribution in [0, 0.1) is 5.92 Å². The molecule has 2 rings (SSSR count). The van der Waals surface area contributed by atoms with Crippen LogP contribution in [-0.2, 0) is 36.8 Å². The van der Waals surface area contributed by atoms with Gasteiger partial charge in [0.1, 0.15) is 29.6 Å². The van der Waals surface area contributed by atoms with Crippen molar-refractivity contribution in [3.63, 3.8) is 0 Å². The minimum atomic E-state index is -1.32. The number of hydrogen-bond donors (Lipinski definition) is 8. The molecular formula is C29H39N5O8. The van der Waals surface area contributed by atoms with E-state index >= 15 is 0 Å². The fourth-order valence-corrected chi connectivity index (χ4v) is 4.13. The van der Waals surface area contributed by atoms with Crippen LogP contribution in [0.5, 0.6) is 11.5 Å². The van der Waals surface area contributed by atoms with Crippen molar-refractivity contribution in [3.05, 3.63) is 59.7 Å². The predicted molar refractivity (Wildman–Crippen MR) is 153 cm³/mol. The second kappa shape index (κ2) is 16.0. The number of aromatic hydroxyl groups is 2. The zero-order valence-corrected chi connectivity index (χ0v) is 23.6. The highest BCUT2D eigenvalue weighted by atomic mass is 16.4. The Hall–Kier alpha value is -4.65. The predicted octanol–water partition coefficient (Wildman–Crippen LogP) is 0.0609. The lowest BCUT2D eigenvalue weighted by Gasteiger charge is -2.26. The zero-order valence-electron chi connectivity index (χ0n) is 23.6. The number of carbonyl (C=O) groups excluding carboxylic acids is 4. The lowest BCUT2D eigenvalue weighted by molar-refractivity contribution is -0.142. The molecule has 0 aliphatic heterocycles. The van der Waals surface area contributed by atoms with Gasteiger partial charge in [-0.3, -0.25) is 19.2 Å². The molecule has 0 saturated carbocycles. The molecule has 4 atom stereocenters. The minimum Gasteiger partial charge on any atom is -0.508 e. The number of hydrogen-bond acceptors (Lipinski definition) is 8. The van der Waals surface area contributed by atoms with Crippen LogP contribution >= 0.6 is 0 Å². The molecule has 0 aliphatic carbocycles. The van der Waals surface area contributed by atoms with Crippen LogP contribution in [0.25, 0.3) is 0 Å². The first-order valence-corrected chi connectivity index (χ1v) is 13.5. The third kappa shape index (κ3) is 11.5. The van der Waals surface area contributed by atoms with Crippen LogP contribution in [0.15, 0.2) is 48.5 Å². The molecule has 228 valence electrons. The number of aliphatic carboxylic acids is 1. The lowest BCUT2D eigenvalue weighted by atomic mass is 10.00. The largest absolute Gasteiger partial charge is 0.508 e. The Labute approximate surface area is 243 Å². The van der Waals surface area contributed by atoms with Crippen molar-refractivity contribution in [3.8, 4) is 11.5 Å². The molecule has 0 spiro atoms. The summed E-state index contributed by atoms with van der Waals surface area (Å²) >= 11 is 0. The van der Waals surface area contributed by atoms with E-state index in [1.54, 1.807) is 12.1 Å². The second-order valence-corrected chi connectivity index (χ2v) is 10.5. The monoisotopic (exact) mass is 585 g/mol. The van der Waals surface area contributed by atoms with Crippen LogP contribution in [0.4, 0.5) is 0 Å². The number of nitrogens with two attached hydrogens (primary N) is 2. The van der Waals surface area contributed by atoms with E-state index in [0.717, 1.165) is 0 Å². The van der Waals surface area contributed by atoms with E-state index in [0.29, 0.717) is 11.1 Å². The van der Waals surface area contributed by atoms with Crippen LogP contribution in [0.3, 0.4) is 0 Å². The van der Waals surface area contributed by atoms with E-state index in [2.05, 4.69) is 16.0 Å². The Balaban J connectivity index is 2.15. The quantitative estimate of drug-likeness (QED) is 0.133. The third-order valence-electron chi connectivity index (χ3n) is 6.37. The van der Waals surface area contributed by atoms with Gasteiger partial charge in [-0.2, -0.15) is 0 Å². The van der Waals surface area contributed by atoms with Crippen molar-refractivity contribution in [1.82, 2.24) is 16.0 Å². The maximum absolute atomic E-state index is 13.3. The lowest BCUT2D eigenvalue weighted by Crippen LogP contribution is -2.57.